The third kappa shape index (κ3) is 3.89. The van der Waals surface area contributed by atoms with Gasteiger partial charge in [0.1, 0.15) is 0 Å². The molecule has 0 aliphatic carbocycles. The van der Waals surface area contributed by atoms with Crippen molar-refractivity contribution in [3.05, 3.63) is 38.8 Å². The fourth-order valence-corrected chi connectivity index (χ4v) is 3.10. The molecule has 102 valence electrons. The summed E-state index contributed by atoms with van der Waals surface area (Å²) in [6.07, 6.45) is 1.93. The zero-order valence-corrected chi connectivity index (χ0v) is 12.7. The van der Waals surface area contributed by atoms with E-state index in [4.69, 9.17) is 5.11 Å². The first kappa shape index (κ1) is 14.2. The maximum atomic E-state index is 10.9. The Hall–Kier alpha value is -1.18. The van der Waals surface area contributed by atoms with Crippen LogP contribution in [0.5, 0.6) is 0 Å². The molecular formula is C12H14BrN3O2S. The van der Waals surface area contributed by atoms with E-state index < -0.39 is 5.97 Å². The van der Waals surface area contributed by atoms with Crippen molar-refractivity contribution < 1.29 is 9.90 Å². The molecule has 2 N–H and O–H groups in total. The lowest BCUT2D eigenvalue weighted by Crippen LogP contribution is -2.23. The van der Waals surface area contributed by atoms with Crippen LogP contribution in [0.15, 0.2) is 28.2 Å². The topological polar surface area (TPSA) is 67.2 Å². The number of aryl methyl sites for hydroxylation is 1. The lowest BCUT2D eigenvalue weighted by molar-refractivity contribution is -0.137. The van der Waals surface area contributed by atoms with Crippen LogP contribution in [-0.4, -0.2) is 20.9 Å². The van der Waals surface area contributed by atoms with Gasteiger partial charge in [-0.25, -0.2) is 0 Å². The van der Waals surface area contributed by atoms with E-state index in [1.807, 2.05) is 30.8 Å². The summed E-state index contributed by atoms with van der Waals surface area (Å²) in [5.74, 6) is -0.814. The van der Waals surface area contributed by atoms with Crippen molar-refractivity contribution in [2.24, 2.45) is 7.05 Å². The fourth-order valence-electron chi connectivity index (χ4n) is 1.78. The molecule has 19 heavy (non-hydrogen) atoms. The van der Waals surface area contributed by atoms with E-state index in [1.165, 1.54) is 0 Å². The van der Waals surface area contributed by atoms with Crippen molar-refractivity contribution in [2.75, 3.05) is 0 Å². The Morgan fingerprint density at radius 2 is 2.47 bits per heavy atom. The smallest absolute Gasteiger partial charge is 0.305 e. The molecule has 0 amide bonds. The van der Waals surface area contributed by atoms with Crippen molar-refractivity contribution in [3.63, 3.8) is 0 Å². The third-order valence-corrected chi connectivity index (χ3v) is 4.28. The van der Waals surface area contributed by atoms with Gasteiger partial charge < -0.3 is 10.4 Å². The predicted octanol–water partition coefficient (Wildman–Crippen LogP) is 2.55. The van der Waals surface area contributed by atoms with Crippen LogP contribution in [0, 0.1) is 0 Å². The number of carboxylic acids is 1. The maximum absolute atomic E-state index is 10.9. The molecule has 0 saturated carbocycles. The van der Waals surface area contributed by atoms with Gasteiger partial charge in [-0.3, -0.25) is 9.48 Å². The summed E-state index contributed by atoms with van der Waals surface area (Å²) in [6.45, 7) is 0.525. The summed E-state index contributed by atoms with van der Waals surface area (Å²) in [4.78, 5) is 11.9. The second-order valence-electron chi connectivity index (χ2n) is 4.14. The van der Waals surface area contributed by atoms with E-state index in [2.05, 4.69) is 26.3 Å². The van der Waals surface area contributed by atoms with Gasteiger partial charge in [0.2, 0.25) is 0 Å². The molecule has 0 aliphatic heterocycles. The summed E-state index contributed by atoms with van der Waals surface area (Å²) < 4.78 is 2.64. The summed E-state index contributed by atoms with van der Waals surface area (Å²) in [5, 5.41) is 18.5. The Morgan fingerprint density at radius 1 is 1.68 bits per heavy atom. The first-order chi connectivity index (χ1) is 9.06. The molecule has 1 atom stereocenters. The highest BCUT2D eigenvalue weighted by Gasteiger charge is 2.17. The monoisotopic (exact) mass is 343 g/mol. The lowest BCUT2D eigenvalue weighted by atomic mass is 10.1. The first-order valence-electron chi connectivity index (χ1n) is 5.73. The van der Waals surface area contributed by atoms with Crippen LogP contribution in [0.2, 0.25) is 0 Å². The zero-order chi connectivity index (χ0) is 13.8. The molecule has 2 rings (SSSR count). The number of halogens is 1. The van der Waals surface area contributed by atoms with Gasteiger partial charge >= 0.3 is 5.97 Å². The molecular weight excluding hydrogens is 330 g/mol. The molecule has 1 unspecified atom stereocenters. The van der Waals surface area contributed by atoms with Gasteiger partial charge in [-0.15, -0.1) is 11.3 Å². The summed E-state index contributed by atoms with van der Waals surface area (Å²) >= 11 is 4.98. The fraction of sp³-hybridized carbons (Fsp3) is 0.333. The minimum absolute atomic E-state index is 0.0605. The van der Waals surface area contributed by atoms with Crippen molar-refractivity contribution in [2.45, 2.75) is 19.0 Å². The standard InChI is InChI=1S/C12H14BrN3O2S/c1-16-7-8(13)10(15-16)6-14-9(5-12(17)18)11-3-2-4-19-11/h2-4,7,9,14H,5-6H2,1H3,(H,17,18). The molecule has 0 spiro atoms. The SMILES string of the molecule is Cn1cc(Br)c(CNC(CC(=O)O)c2cccs2)n1. The maximum Gasteiger partial charge on any atom is 0.305 e. The molecule has 7 heteroatoms. The van der Waals surface area contributed by atoms with Crippen LogP contribution in [0.25, 0.3) is 0 Å². The Bertz CT molecular complexity index is 553. The molecule has 0 radical (unpaired) electrons. The van der Waals surface area contributed by atoms with Crippen LogP contribution in [0.3, 0.4) is 0 Å². The average molecular weight is 344 g/mol. The van der Waals surface area contributed by atoms with E-state index >= 15 is 0 Å². The summed E-state index contributed by atoms with van der Waals surface area (Å²) in [5.41, 5.74) is 0.870. The highest BCUT2D eigenvalue weighted by atomic mass is 79.9. The van der Waals surface area contributed by atoms with E-state index in [1.54, 1.807) is 16.0 Å². The highest BCUT2D eigenvalue weighted by Crippen LogP contribution is 2.23. The Balaban J connectivity index is 2.04. The van der Waals surface area contributed by atoms with Crippen LogP contribution >= 0.6 is 27.3 Å². The molecule has 0 fully saturated rings. The quantitative estimate of drug-likeness (QED) is 0.845. The van der Waals surface area contributed by atoms with Crippen LogP contribution in [0.1, 0.15) is 23.0 Å². The number of carbonyl (C=O) groups is 1. The number of nitrogens with one attached hydrogen (secondary N) is 1. The third-order valence-electron chi connectivity index (χ3n) is 2.64. The Labute approximate surface area is 123 Å². The summed E-state index contributed by atoms with van der Waals surface area (Å²) in [7, 11) is 1.85. The number of aromatic nitrogens is 2. The molecule has 2 heterocycles. The van der Waals surface area contributed by atoms with Crippen molar-refractivity contribution >= 4 is 33.2 Å². The summed E-state index contributed by atoms with van der Waals surface area (Å²) in [6, 6.07) is 3.68. The molecule has 0 bridgehead atoms. The van der Waals surface area contributed by atoms with Crippen LogP contribution in [0.4, 0.5) is 0 Å². The number of hydrogen-bond acceptors (Lipinski definition) is 4. The van der Waals surface area contributed by atoms with Crippen LogP contribution < -0.4 is 5.32 Å². The van der Waals surface area contributed by atoms with Gasteiger partial charge in [0.15, 0.2) is 0 Å². The van der Waals surface area contributed by atoms with E-state index in [-0.39, 0.29) is 12.5 Å². The minimum Gasteiger partial charge on any atom is -0.481 e. The molecule has 0 aliphatic rings. The van der Waals surface area contributed by atoms with E-state index in [0.717, 1.165) is 15.0 Å². The molecule has 2 aromatic heterocycles. The van der Waals surface area contributed by atoms with Gasteiger partial charge in [0.25, 0.3) is 0 Å². The molecule has 5 nitrogen and oxygen atoms in total. The minimum atomic E-state index is -0.814. The average Bonchev–Trinajstić information content (AvgIpc) is 2.94. The normalized spacial score (nSPS) is 12.5. The van der Waals surface area contributed by atoms with Crippen molar-refractivity contribution in [1.82, 2.24) is 15.1 Å². The predicted molar refractivity (Wildman–Crippen MR) is 77.1 cm³/mol. The van der Waals surface area contributed by atoms with E-state index in [0.29, 0.717) is 6.54 Å². The van der Waals surface area contributed by atoms with Crippen molar-refractivity contribution in [1.29, 1.82) is 0 Å². The van der Waals surface area contributed by atoms with Gasteiger partial charge in [0, 0.05) is 24.7 Å². The zero-order valence-electron chi connectivity index (χ0n) is 10.3. The molecule has 0 aromatic carbocycles. The second kappa shape index (κ2) is 6.31. The Morgan fingerprint density at radius 3 is 3.00 bits per heavy atom. The number of aliphatic carboxylic acids is 1. The molecule has 2 aromatic rings. The lowest BCUT2D eigenvalue weighted by Gasteiger charge is -2.14. The van der Waals surface area contributed by atoms with Gasteiger partial charge in [-0.05, 0) is 27.4 Å². The van der Waals surface area contributed by atoms with Gasteiger partial charge in [-0.2, -0.15) is 5.10 Å². The van der Waals surface area contributed by atoms with E-state index in [9.17, 15) is 4.79 Å². The largest absolute Gasteiger partial charge is 0.481 e. The number of thiophene rings is 1. The van der Waals surface area contributed by atoms with Gasteiger partial charge in [0.05, 0.1) is 22.6 Å². The molecule has 0 saturated heterocycles. The first-order valence-corrected chi connectivity index (χ1v) is 7.40. The van der Waals surface area contributed by atoms with Crippen LogP contribution in [-0.2, 0) is 18.4 Å². The number of nitrogens with zero attached hydrogens (tertiary/aromatic N) is 2. The number of rotatable bonds is 6. The highest BCUT2D eigenvalue weighted by molar-refractivity contribution is 9.10. The second-order valence-corrected chi connectivity index (χ2v) is 5.98. The Kier molecular flexibility index (Phi) is 4.73. The van der Waals surface area contributed by atoms with Crippen molar-refractivity contribution in [3.8, 4) is 0 Å². The number of hydrogen-bond donors (Lipinski definition) is 2. The van der Waals surface area contributed by atoms with Gasteiger partial charge in [-0.1, -0.05) is 6.07 Å². The number of carboxylic acid groups (broad SMARTS) is 1.